The highest BCUT2D eigenvalue weighted by Crippen LogP contribution is 2.21. The fourth-order valence-corrected chi connectivity index (χ4v) is 2.24. The summed E-state index contributed by atoms with van der Waals surface area (Å²) in [5, 5.41) is 11.4. The Labute approximate surface area is 132 Å². The van der Waals surface area contributed by atoms with Crippen LogP contribution in [0.4, 0.5) is 0 Å². The van der Waals surface area contributed by atoms with Crippen molar-refractivity contribution >= 4 is 49.6 Å². The van der Waals surface area contributed by atoms with E-state index in [4.69, 9.17) is 10.8 Å². The van der Waals surface area contributed by atoms with Crippen LogP contribution in [0, 0.1) is 0 Å². The van der Waals surface area contributed by atoms with Crippen molar-refractivity contribution in [1.29, 1.82) is 0 Å². The number of carbonyl (C=O) groups excluding carboxylic acids is 2. The van der Waals surface area contributed by atoms with Crippen LogP contribution in [0.3, 0.4) is 0 Å². The van der Waals surface area contributed by atoms with Crippen LogP contribution in [0.25, 0.3) is 0 Å². The molecular formula is C12H12Br2N2O4. The van der Waals surface area contributed by atoms with E-state index in [1.54, 1.807) is 18.2 Å². The Bertz CT molecular complexity index is 548. The second kappa shape index (κ2) is 7.39. The standard InChI is InChI=1S/C12H12Br2N2O4/c13-6-1-2-8(14)7(5-6)11(18)16-9(12(19)20)3-4-10(15)17/h1-2,5,9H,3-4H2,(H2,15,17)(H,16,18)(H,19,20)/t9-/m1/s1. The van der Waals surface area contributed by atoms with Gasteiger partial charge in [0.05, 0.1) is 5.56 Å². The van der Waals surface area contributed by atoms with Gasteiger partial charge in [0, 0.05) is 15.4 Å². The summed E-state index contributed by atoms with van der Waals surface area (Å²) in [4.78, 5) is 33.8. The molecule has 108 valence electrons. The van der Waals surface area contributed by atoms with Gasteiger partial charge in [0.1, 0.15) is 6.04 Å². The molecule has 0 unspecified atom stereocenters. The van der Waals surface area contributed by atoms with Gasteiger partial charge in [-0.1, -0.05) is 15.9 Å². The Morgan fingerprint density at radius 2 is 1.95 bits per heavy atom. The van der Waals surface area contributed by atoms with E-state index in [1.165, 1.54) is 0 Å². The number of carboxylic acids is 1. The van der Waals surface area contributed by atoms with Gasteiger partial charge in [0.15, 0.2) is 0 Å². The molecule has 0 radical (unpaired) electrons. The van der Waals surface area contributed by atoms with Crippen LogP contribution in [0.2, 0.25) is 0 Å². The first-order chi connectivity index (χ1) is 9.31. The number of amides is 2. The van der Waals surface area contributed by atoms with Crippen molar-refractivity contribution in [1.82, 2.24) is 5.32 Å². The molecule has 0 fully saturated rings. The highest BCUT2D eigenvalue weighted by Gasteiger charge is 2.22. The zero-order valence-electron chi connectivity index (χ0n) is 10.2. The monoisotopic (exact) mass is 406 g/mol. The molecule has 0 aliphatic heterocycles. The maximum atomic E-state index is 12.0. The molecule has 20 heavy (non-hydrogen) atoms. The van der Waals surface area contributed by atoms with E-state index < -0.39 is 23.8 Å². The van der Waals surface area contributed by atoms with Gasteiger partial charge in [-0.25, -0.2) is 4.79 Å². The topological polar surface area (TPSA) is 109 Å². The van der Waals surface area contributed by atoms with Crippen molar-refractivity contribution in [3.8, 4) is 0 Å². The van der Waals surface area contributed by atoms with Crippen LogP contribution in [0.5, 0.6) is 0 Å². The molecule has 0 bridgehead atoms. The molecule has 1 aromatic carbocycles. The van der Waals surface area contributed by atoms with Crippen LogP contribution in [0.1, 0.15) is 23.2 Å². The van der Waals surface area contributed by atoms with E-state index in [0.717, 1.165) is 0 Å². The van der Waals surface area contributed by atoms with Gasteiger partial charge in [-0.15, -0.1) is 0 Å². The lowest BCUT2D eigenvalue weighted by Gasteiger charge is -2.14. The summed E-state index contributed by atoms with van der Waals surface area (Å²) < 4.78 is 1.23. The summed E-state index contributed by atoms with van der Waals surface area (Å²) in [6, 6.07) is 3.80. The molecule has 6 nitrogen and oxygen atoms in total. The zero-order valence-corrected chi connectivity index (χ0v) is 13.4. The van der Waals surface area contributed by atoms with Crippen molar-refractivity contribution in [2.75, 3.05) is 0 Å². The first-order valence-electron chi connectivity index (χ1n) is 5.58. The maximum absolute atomic E-state index is 12.0. The summed E-state index contributed by atoms with van der Waals surface area (Å²) in [6.07, 6.45) is -0.168. The summed E-state index contributed by atoms with van der Waals surface area (Å²) in [5.41, 5.74) is 5.26. The van der Waals surface area contributed by atoms with Crippen molar-refractivity contribution in [2.24, 2.45) is 5.73 Å². The molecule has 0 aliphatic rings. The smallest absolute Gasteiger partial charge is 0.326 e. The molecule has 0 saturated heterocycles. The van der Waals surface area contributed by atoms with Crippen molar-refractivity contribution in [2.45, 2.75) is 18.9 Å². The third kappa shape index (κ3) is 4.93. The van der Waals surface area contributed by atoms with Gasteiger partial charge >= 0.3 is 5.97 Å². The van der Waals surface area contributed by atoms with Crippen LogP contribution in [0.15, 0.2) is 27.1 Å². The van der Waals surface area contributed by atoms with Crippen molar-refractivity contribution in [3.63, 3.8) is 0 Å². The minimum absolute atomic E-state index is 0.0535. The highest BCUT2D eigenvalue weighted by molar-refractivity contribution is 9.11. The number of carboxylic acid groups (broad SMARTS) is 1. The largest absolute Gasteiger partial charge is 0.480 e. The number of aliphatic carboxylic acids is 1. The molecule has 4 N–H and O–H groups in total. The molecule has 0 spiro atoms. The van der Waals surface area contributed by atoms with Crippen molar-refractivity contribution < 1.29 is 19.5 Å². The number of nitrogens with one attached hydrogen (secondary N) is 1. The molecule has 1 aromatic rings. The predicted molar refractivity (Wildman–Crippen MR) is 79.2 cm³/mol. The lowest BCUT2D eigenvalue weighted by molar-refractivity contribution is -0.139. The van der Waals surface area contributed by atoms with Gasteiger partial charge in [0.2, 0.25) is 5.91 Å². The van der Waals surface area contributed by atoms with E-state index in [2.05, 4.69) is 37.2 Å². The number of rotatable bonds is 6. The third-order valence-electron chi connectivity index (χ3n) is 2.46. The minimum atomic E-state index is -1.22. The van der Waals surface area contributed by atoms with E-state index in [0.29, 0.717) is 14.5 Å². The molecule has 0 saturated carbocycles. The summed E-state index contributed by atoms with van der Waals surface area (Å²) >= 11 is 6.45. The lowest BCUT2D eigenvalue weighted by atomic mass is 10.1. The van der Waals surface area contributed by atoms with Crippen LogP contribution < -0.4 is 11.1 Å². The number of benzene rings is 1. The van der Waals surface area contributed by atoms with E-state index in [1.807, 2.05) is 0 Å². The number of hydrogen-bond donors (Lipinski definition) is 3. The molecule has 0 heterocycles. The quantitative estimate of drug-likeness (QED) is 0.665. The number of nitrogens with two attached hydrogens (primary N) is 1. The van der Waals surface area contributed by atoms with E-state index in [-0.39, 0.29) is 12.8 Å². The average Bonchev–Trinajstić information content (AvgIpc) is 2.36. The number of primary amides is 1. The van der Waals surface area contributed by atoms with Gasteiger partial charge in [-0.2, -0.15) is 0 Å². The Kier molecular flexibility index (Phi) is 6.15. The predicted octanol–water partition coefficient (Wildman–Crippen LogP) is 1.66. The molecule has 0 aliphatic carbocycles. The van der Waals surface area contributed by atoms with Crippen LogP contribution in [-0.4, -0.2) is 28.9 Å². The Morgan fingerprint density at radius 3 is 2.50 bits per heavy atom. The average molecular weight is 408 g/mol. The normalized spacial score (nSPS) is 11.7. The molecule has 1 atom stereocenters. The van der Waals surface area contributed by atoms with Gasteiger partial charge in [-0.05, 0) is 40.5 Å². The highest BCUT2D eigenvalue weighted by atomic mass is 79.9. The number of hydrogen-bond acceptors (Lipinski definition) is 3. The third-order valence-corrected chi connectivity index (χ3v) is 3.64. The van der Waals surface area contributed by atoms with Crippen LogP contribution >= 0.6 is 31.9 Å². The maximum Gasteiger partial charge on any atom is 0.326 e. The minimum Gasteiger partial charge on any atom is -0.480 e. The van der Waals surface area contributed by atoms with E-state index in [9.17, 15) is 14.4 Å². The fourth-order valence-electron chi connectivity index (χ4n) is 1.45. The lowest BCUT2D eigenvalue weighted by Crippen LogP contribution is -2.41. The number of carbonyl (C=O) groups is 3. The molecular weight excluding hydrogens is 396 g/mol. The van der Waals surface area contributed by atoms with Gasteiger partial charge in [0.25, 0.3) is 5.91 Å². The molecule has 0 aromatic heterocycles. The Hall–Kier alpha value is -1.41. The zero-order chi connectivity index (χ0) is 15.3. The second-order valence-corrected chi connectivity index (χ2v) is 5.76. The fraction of sp³-hybridized carbons (Fsp3) is 0.250. The first-order valence-corrected chi connectivity index (χ1v) is 7.17. The van der Waals surface area contributed by atoms with E-state index >= 15 is 0 Å². The SMILES string of the molecule is NC(=O)CC[C@@H](NC(=O)c1cc(Br)ccc1Br)C(=O)O. The summed E-state index contributed by atoms with van der Waals surface area (Å²) in [5.74, 6) is -2.38. The molecule has 8 heteroatoms. The van der Waals surface area contributed by atoms with Crippen molar-refractivity contribution in [3.05, 3.63) is 32.7 Å². The molecule has 2 amide bonds. The Balaban J connectivity index is 2.82. The number of halogens is 2. The Morgan fingerprint density at radius 1 is 1.30 bits per heavy atom. The summed E-state index contributed by atoms with van der Waals surface area (Å²) in [6.45, 7) is 0. The molecule has 1 rings (SSSR count). The van der Waals surface area contributed by atoms with Gasteiger partial charge < -0.3 is 16.2 Å². The summed E-state index contributed by atoms with van der Waals surface area (Å²) in [7, 11) is 0. The second-order valence-electron chi connectivity index (χ2n) is 3.99. The van der Waals surface area contributed by atoms with Crippen LogP contribution in [-0.2, 0) is 9.59 Å². The van der Waals surface area contributed by atoms with Gasteiger partial charge in [-0.3, -0.25) is 9.59 Å². The first kappa shape index (κ1) is 16.6.